The Balaban J connectivity index is 1.91. The predicted octanol–water partition coefficient (Wildman–Crippen LogP) is 3.80. The topological polar surface area (TPSA) is 46.3 Å². The molecule has 0 radical (unpaired) electrons. The van der Waals surface area contributed by atoms with Crippen molar-refractivity contribution in [3.63, 3.8) is 0 Å². The molecule has 0 aliphatic carbocycles. The Labute approximate surface area is 132 Å². The highest BCUT2D eigenvalue weighted by Crippen LogP contribution is 2.30. The van der Waals surface area contributed by atoms with Gasteiger partial charge in [0.15, 0.2) is 0 Å². The van der Waals surface area contributed by atoms with Gasteiger partial charge in [-0.3, -0.25) is 4.79 Å². The summed E-state index contributed by atoms with van der Waals surface area (Å²) >= 11 is 12.3. The van der Waals surface area contributed by atoms with Gasteiger partial charge in [0.05, 0.1) is 5.69 Å². The monoisotopic (exact) mass is 324 g/mol. The molecule has 21 heavy (non-hydrogen) atoms. The quantitative estimate of drug-likeness (QED) is 0.801. The summed E-state index contributed by atoms with van der Waals surface area (Å²) in [5, 5.41) is 5.10. The molecule has 1 aromatic heterocycles. The number of hydrogen-bond acceptors (Lipinski definition) is 3. The first kappa shape index (κ1) is 14.4. The first-order valence-electron chi connectivity index (χ1n) is 6.66. The van der Waals surface area contributed by atoms with E-state index in [0.29, 0.717) is 40.2 Å². The third kappa shape index (κ3) is 2.54. The summed E-state index contributed by atoms with van der Waals surface area (Å²) < 4.78 is 5.08. The Hall–Kier alpha value is -1.52. The SMILES string of the molecule is Cc1noc(C)c1C(=O)N1CCc2c(Cl)cc(Cl)cc2C1. The van der Waals surface area contributed by atoms with Crippen LogP contribution in [0.25, 0.3) is 0 Å². The van der Waals surface area contributed by atoms with Crippen molar-refractivity contribution in [3.05, 3.63) is 50.3 Å². The highest BCUT2D eigenvalue weighted by molar-refractivity contribution is 6.35. The maximum Gasteiger partial charge on any atom is 0.259 e. The number of carbonyl (C=O) groups is 1. The van der Waals surface area contributed by atoms with Crippen LogP contribution in [0, 0.1) is 13.8 Å². The van der Waals surface area contributed by atoms with Crippen LogP contribution in [0.5, 0.6) is 0 Å². The average molecular weight is 325 g/mol. The van der Waals surface area contributed by atoms with Crippen molar-refractivity contribution in [2.24, 2.45) is 0 Å². The van der Waals surface area contributed by atoms with Gasteiger partial charge < -0.3 is 9.42 Å². The first-order chi connectivity index (χ1) is 9.97. The standard InChI is InChI=1S/C15H14Cl2N2O2/c1-8-14(9(2)21-18-8)15(20)19-4-3-12-10(7-19)5-11(16)6-13(12)17/h5-6H,3-4,7H2,1-2H3. The van der Waals surface area contributed by atoms with Gasteiger partial charge in [-0.05, 0) is 43.5 Å². The van der Waals surface area contributed by atoms with Crippen molar-refractivity contribution < 1.29 is 9.32 Å². The lowest BCUT2D eigenvalue weighted by atomic mass is 9.99. The molecule has 0 atom stereocenters. The lowest BCUT2D eigenvalue weighted by Crippen LogP contribution is -2.36. The van der Waals surface area contributed by atoms with E-state index in [1.807, 2.05) is 6.07 Å². The highest BCUT2D eigenvalue weighted by atomic mass is 35.5. The number of carbonyl (C=O) groups excluding carboxylic acids is 1. The molecule has 0 spiro atoms. The van der Waals surface area contributed by atoms with Gasteiger partial charge in [-0.25, -0.2) is 0 Å². The molecule has 1 aromatic carbocycles. The molecular formula is C15H14Cl2N2O2. The van der Waals surface area contributed by atoms with E-state index in [4.69, 9.17) is 27.7 Å². The van der Waals surface area contributed by atoms with E-state index in [1.54, 1.807) is 24.8 Å². The highest BCUT2D eigenvalue weighted by Gasteiger charge is 2.27. The summed E-state index contributed by atoms with van der Waals surface area (Å²) in [4.78, 5) is 14.4. The van der Waals surface area contributed by atoms with E-state index in [9.17, 15) is 4.79 Å². The molecule has 0 fully saturated rings. The van der Waals surface area contributed by atoms with Gasteiger partial charge in [0, 0.05) is 23.1 Å². The largest absolute Gasteiger partial charge is 0.361 e. The lowest BCUT2D eigenvalue weighted by Gasteiger charge is -2.29. The third-order valence-corrected chi connectivity index (χ3v) is 4.34. The van der Waals surface area contributed by atoms with E-state index in [2.05, 4.69) is 5.16 Å². The molecule has 0 saturated heterocycles. The molecule has 0 unspecified atom stereocenters. The van der Waals surface area contributed by atoms with Crippen LogP contribution < -0.4 is 0 Å². The first-order valence-corrected chi connectivity index (χ1v) is 7.42. The number of halogens is 2. The molecule has 1 aliphatic heterocycles. The maximum atomic E-state index is 12.6. The van der Waals surface area contributed by atoms with Gasteiger partial charge in [0.25, 0.3) is 5.91 Å². The molecule has 2 heterocycles. The summed E-state index contributed by atoms with van der Waals surface area (Å²) in [5.74, 6) is 0.487. The number of aromatic nitrogens is 1. The van der Waals surface area contributed by atoms with E-state index in [1.165, 1.54) is 0 Å². The molecular weight excluding hydrogens is 311 g/mol. The fourth-order valence-corrected chi connectivity index (χ4v) is 3.36. The normalized spacial score (nSPS) is 14.2. The molecule has 2 aromatic rings. The number of hydrogen-bond donors (Lipinski definition) is 0. The van der Waals surface area contributed by atoms with Crippen molar-refractivity contribution in [2.45, 2.75) is 26.8 Å². The van der Waals surface area contributed by atoms with Crippen molar-refractivity contribution in [1.82, 2.24) is 10.1 Å². The van der Waals surface area contributed by atoms with E-state index < -0.39 is 0 Å². The van der Waals surface area contributed by atoms with Crippen LogP contribution >= 0.6 is 23.2 Å². The molecule has 1 aliphatic rings. The Morgan fingerprint density at radius 1 is 1.33 bits per heavy atom. The number of benzene rings is 1. The fraction of sp³-hybridized carbons (Fsp3) is 0.333. The Bertz CT molecular complexity index is 705. The van der Waals surface area contributed by atoms with E-state index in [-0.39, 0.29) is 5.91 Å². The summed E-state index contributed by atoms with van der Waals surface area (Å²) in [5.41, 5.74) is 3.24. The van der Waals surface area contributed by atoms with E-state index in [0.717, 1.165) is 17.5 Å². The molecule has 1 amide bonds. The van der Waals surface area contributed by atoms with Crippen LogP contribution in [-0.4, -0.2) is 22.5 Å². The second-order valence-electron chi connectivity index (χ2n) is 5.20. The van der Waals surface area contributed by atoms with Crippen LogP contribution in [0.1, 0.15) is 32.9 Å². The van der Waals surface area contributed by atoms with Crippen LogP contribution in [-0.2, 0) is 13.0 Å². The van der Waals surface area contributed by atoms with Crippen LogP contribution in [0.15, 0.2) is 16.7 Å². The predicted molar refractivity (Wildman–Crippen MR) is 80.9 cm³/mol. The second kappa shape index (κ2) is 5.35. The lowest BCUT2D eigenvalue weighted by molar-refractivity contribution is 0.0732. The second-order valence-corrected chi connectivity index (χ2v) is 6.04. The smallest absolute Gasteiger partial charge is 0.259 e. The van der Waals surface area contributed by atoms with Gasteiger partial charge in [0.1, 0.15) is 11.3 Å². The Morgan fingerprint density at radius 3 is 2.76 bits per heavy atom. The molecule has 3 rings (SSSR count). The van der Waals surface area contributed by atoms with Gasteiger partial charge in [-0.2, -0.15) is 0 Å². The van der Waals surface area contributed by atoms with Gasteiger partial charge in [-0.15, -0.1) is 0 Å². The van der Waals surface area contributed by atoms with Crippen LogP contribution in [0.4, 0.5) is 0 Å². The Kier molecular flexibility index (Phi) is 3.68. The zero-order chi connectivity index (χ0) is 15.1. The van der Waals surface area contributed by atoms with Crippen molar-refractivity contribution in [3.8, 4) is 0 Å². The molecule has 0 bridgehead atoms. The van der Waals surface area contributed by atoms with Gasteiger partial charge in [0.2, 0.25) is 0 Å². The van der Waals surface area contributed by atoms with E-state index >= 15 is 0 Å². The minimum absolute atomic E-state index is 0.0620. The van der Waals surface area contributed by atoms with Crippen LogP contribution in [0.3, 0.4) is 0 Å². The molecule has 4 nitrogen and oxygen atoms in total. The average Bonchev–Trinajstić information content (AvgIpc) is 2.76. The minimum atomic E-state index is -0.0620. The van der Waals surface area contributed by atoms with Crippen molar-refractivity contribution in [1.29, 1.82) is 0 Å². The number of rotatable bonds is 1. The number of nitrogens with zero attached hydrogens (tertiary/aromatic N) is 2. The number of amides is 1. The zero-order valence-electron chi connectivity index (χ0n) is 11.7. The number of fused-ring (bicyclic) bond motifs is 1. The maximum absolute atomic E-state index is 12.6. The summed E-state index contributed by atoms with van der Waals surface area (Å²) in [6.45, 7) is 4.64. The van der Waals surface area contributed by atoms with Crippen molar-refractivity contribution >= 4 is 29.1 Å². The molecule has 6 heteroatoms. The Morgan fingerprint density at radius 2 is 2.10 bits per heavy atom. The fourth-order valence-electron chi connectivity index (χ4n) is 2.73. The van der Waals surface area contributed by atoms with Crippen molar-refractivity contribution in [2.75, 3.05) is 6.54 Å². The minimum Gasteiger partial charge on any atom is -0.361 e. The molecule has 0 saturated carbocycles. The number of aryl methyl sites for hydroxylation is 2. The van der Waals surface area contributed by atoms with Gasteiger partial charge in [-0.1, -0.05) is 28.4 Å². The van der Waals surface area contributed by atoms with Gasteiger partial charge >= 0.3 is 0 Å². The van der Waals surface area contributed by atoms with Crippen LogP contribution in [0.2, 0.25) is 10.0 Å². The third-order valence-electron chi connectivity index (χ3n) is 3.78. The summed E-state index contributed by atoms with van der Waals surface area (Å²) in [6.07, 6.45) is 0.723. The molecule has 110 valence electrons. The zero-order valence-corrected chi connectivity index (χ0v) is 13.3. The summed E-state index contributed by atoms with van der Waals surface area (Å²) in [7, 11) is 0. The molecule has 0 N–H and O–H groups in total. The summed E-state index contributed by atoms with van der Waals surface area (Å²) in [6, 6.07) is 3.61.